The Labute approximate surface area is 149 Å². The van der Waals surface area contributed by atoms with E-state index in [9.17, 15) is 4.79 Å². The van der Waals surface area contributed by atoms with Gasteiger partial charge in [-0.15, -0.1) is 0 Å². The molecule has 0 aromatic heterocycles. The number of rotatable bonds is 4. The van der Waals surface area contributed by atoms with Crippen LogP contribution in [0.15, 0.2) is 42.5 Å². The summed E-state index contributed by atoms with van der Waals surface area (Å²) in [6, 6.07) is 14.3. The zero-order valence-corrected chi connectivity index (χ0v) is 14.8. The van der Waals surface area contributed by atoms with Crippen LogP contribution in [0.25, 0.3) is 10.8 Å². The summed E-state index contributed by atoms with van der Waals surface area (Å²) in [5, 5.41) is 5.06. The van der Waals surface area contributed by atoms with E-state index in [0.717, 1.165) is 34.8 Å². The lowest BCUT2D eigenvalue weighted by atomic mass is 9.75. The predicted octanol–water partition coefficient (Wildman–Crippen LogP) is 4.51. The average molecular weight is 338 g/mol. The Morgan fingerprint density at radius 1 is 1.24 bits per heavy atom. The number of hydrogen-bond acceptors (Lipinski definition) is 3. The quantitative estimate of drug-likeness (QED) is 0.892. The van der Waals surface area contributed by atoms with Gasteiger partial charge in [-0.1, -0.05) is 49.7 Å². The molecule has 0 aliphatic carbocycles. The lowest BCUT2D eigenvalue weighted by Crippen LogP contribution is -2.54. The Bertz CT molecular complexity index is 755. The molecule has 132 valence electrons. The fourth-order valence-electron chi connectivity index (χ4n) is 4.54. The van der Waals surface area contributed by atoms with Crippen molar-refractivity contribution < 1.29 is 9.53 Å². The van der Waals surface area contributed by atoms with Gasteiger partial charge < -0.3 is 4.74 Å². The molecular weight excluding hydrogens is 312 g/mol. The summed E-state index contributed by atoms with van der Waals surface area (Å²) in [6.45, 7) is 5.10. The maximum Gasteiger partial charge on any atom is 0.411 e. The average Bonchev–Trinajstić information content (AvgIpc) is 2.67. The predicted molar refractivity (Wildman–Crippen MR) is 101 cm³/mol. The standard InChI is InChI=1S/C21H26N2O2/c1-2-15-13-23-11-10-17(15)12-18(23)14-25-21(24)22-20-9-5-7-16-6-3-4-8-19(16)20/h3-9,15,17-18H,2,10-14H2,1H3,(H,22,24). The van der Waals surface area contributed by atoms with E-state index in [0.29, 0.717) is 12.6 Å². The summed E-state index contributed by atoms with van der Waals surface area (Å²) in [6.07, 6.45) is 3.37. The van der Waals surface area contributed by atoms with E-state index in [1.165, 1.54) is 25.8 Å². The van der Waals surface area contributed by atoms with Crippen LogP contribution in [0.5, 0.6) is 0 Å². The van der Waals surface area contributed by atoms with Gasteiger partial charge >= 0.3 is 6.09 Å². The summed E-state index contributed by atoms with van der Waals surface area (Å²) >= 11 is 0. The van der Waals surface area contributed by atoms with Gasteiger partial charge in [-0.25, -0.2) is 4.79 Å². The van der Waals surface area contributed by atoms with Gasteiger partial charge in [0.15, 0.2) is 0 Å². The normalized spacial score (nSPS) is 28.0. The van der Waals surface area contributed by atoms with Gasteiger partial charge in [-0.3, -0.25) is 10.2 Å². The van der Waals surface area contributed by atoms with Crippen molar-refractivity contribution in [3.8, 4) is 0 Å². The number of piperidine rings is 3. The molecule has 3 aliphatic rings. The first-order chi connectivity index (χ1) is 12.2. The molecule has 2 aromatic carbocycles. The number of ether oxygens (including phenoxy) is 1. The molecule has 4 heteroatoms. The maximum atomic E-state index is 12.3. The minimum atomic E-state index is -0.356. The van der Waals surface area contributed by atoms with Crippen LogP contribution < -0.4 is 5.32 Å². The van der Waals surface area contributed by atoms with E-state index in [1.807, 2.05) is 42.5 Å². The Morgan fingerprint density at radius 3 is 2.88 bits per heavy atom. The molecule has 0 saturated carbocycles. The number of anilines is 1. The van der Waals surface area contributed by atoms with Crippen LogP contribution in [-0.4, -0.2) is 36.7 Å². The summed E-state index contributed by atoms with van der Waals surface area (Å²) in [5.74, 6) is 1.64. The molecule has 0 spiro atoms. The SMILES string of the molecule is CCC1CN2CCC1CC2COC(=O)Nc1cccc2ccccc12. The zero-order valence-electron chi connectivity index (χ0n) is 14.8. The molecule has 1 N–H and O–H groups in total. The van der Waals surface area contributed by atoms with Crippen LogP contribution in [0.1, 0.15) is 26.2 Å². The van der Waals surface area contributed by atoms with Crippen LogP contribution in [-0.2, 0) is 4.74 Å². The molecule has 5 rings (SSSR count). The highest BCUT2D eigenvalue weighted by Crippen LogP contribution is 2.37. The molecule has 3 fully saturated rings. The molecule has 3 aliphatic heterocycles. The van der Waals surface area contributed by atoms with Gasteiger partial charge in [0, 0.05) is 18.0 Å². The van der Waals surface area contributed by atoms with Gasteiger partial charge in [0.1, 0.15) is 6.61 Å². The molecule has 2 aromatic rings. The first-order valence-corrected chi connectivity index (χ1v) is 9.40. The van der Waals surface area contributed by atoms with Crippen LogP contribution >= 0.6 is 0 Å². The summed E-state index contributed by atoms with van der Waals surface area (Å²) in [5.41, 5.74) is 0.805. The van der Waals surface area contributed by atoms with Gasteiger partial charge in [-0.2, -0.15) is 0 Å². The lowest BCUT2D eigenvalue weighted by molar-refractivity contribution is -0.0240. The molecular formula is C21H26N2O2. The number of carbonyl (C=O) groups is 1. The fourth-order valence-corrected chi connectivity index (χ4v) is 4.54. The van der Waals surface area contributed by atoms with Crippen molar-refractivity contribution in [2.24, 2.45) is 11.8 Å². The molecule has 2 bridgehead atoms. The van der Waals surface area contributed by atoms with Gasteiger partial charge in [0.25, 0.3) is 0 Å². The van der Waals surface area contributed by atoms with E-state index < -0.39 is 0 Å². The first kappa shape index (κ1) is 16.4. The van der Waals surface area contributed by atoms with E-state index in [2.05, 4.69) is 17.1 Å². The van der Waals surface area contributed by atoms with Crippen molar-refractivity contribution >= 4 is 22.6 Å². The van der Waals surface area contributed by atoms with E-state index in [4.69, 9.17) is 4.74 Å². The van der Waals surface area contributed by atoms with Gasteiger partial charge in [0.2, 0.25) is 0 Å². The van der Waals surface area contributed by atoms with Crippen molar-refractivity contribution in [1.29, 1.82) is 0 Å². The van der Waals surface area contributed by atoms with Crippen molar-refractivity contribution in [2.75, 3.05) is 25.0 Å². The van der Waals surface area contributed by atoms with Gasteiger partial charge in [-0.05, 0) is 42.7 Å². The van der Waals surface area contributed by atoms with Crippen LogP contribution in [0.3, 0.4) is 0 Å². The van der Waals surface area contributed by atoms with E-state index in [1.54, 1.807) is 0 Å². The Balaban J connectivity index is 1.35. The van der Waals surface area contributed by atoms with E-state index in [-0.39, 0.29) is 6.09 Å². The number of benzene rings is 2. The van der Waals surface area contributed by atoms with Crippen LogP contribution in [0.2, 0.25) is 0 Å². The third kappa shape index (κ3) is 3.36. The zero-order chi connectivity index (χ0) is 17.2. The van der Waals surface area contributed by atoms with E-state index >= 15 is 0 Å². The first-order valence-electron chi connectivity index (χ1n) is 9.40. The monoisotopic (exact) mass is 338 g/mol. The summed E-state index contributed by atoms with van der Waals surface area (Å²) < 4.78 is 5.56. The molecule has 3 saturated heterocycles. The van der Waals surface area contributed by atoms with Crippen LogP contribution in [0.4, 0.5) is 10.5 Å². The molecule has 25 heavy (non-hydrogen) atoms. The third-order valence-electron chi connectivity index (χ3n) is 5.97. The third-order valence-corrected chi connectivity index (χ3v) is 5.97. The van der Waals surface area contributed by atoms with Crippen LogP contribution in [0, 0.1) is 11.8 Å². The summed E-state index contributed by atoms with van der Waals surface area (Å²) in [4.78, 5) is 14.8. The van der Waals surface area contributed by atoms with Crippen molar-refractivity contribution in [2.45, 2.75) is 32.2 Å². The maximum absolute atomic E-state index is 12.3. The molecule has 3 heterocycles. The number of amides is 1. The lowest BCUT2D eigenvalue weighted by Gasteiger charge is -2.49. The smallest absolute Gasteiger partial charge is 0.411 e. The fraction of sp³-hybridized carbons (Fsp3) is 0.476. The molecule has 4 atom stereocenters. The van der Waals surface area contributed by atoms with Crippen molar-refractivity contribution in [1.82, 2.24) is 4.90 Å². The topological polar surface area (TPSA) is 41.6 Å². The minimum absolute atomic E-state index is 0.356. The molecule has 4 unspecified atom stereocenters. The highest BCUT2D eigenvalue weighted by molar-refractivity contribution is 6.00. The van der Waals surface area contributed by atoms with Crippen molar-refractivity contribution in [3.63, 3.8) is 0 Å². The number of carbonyl (C=O) groups excluding carboxylic acids is 1. The van der Waals surface area contributed by atoms with Crippen molar-refractivity contribution in [3.05, 3.63) is 42.5 Å². The van der Waals surface area contributed by atoms with Gasteiger partial charge in [0.05, 0.1) is 5.69 Å². The number of hydrogen-bond donors (Lipinski definition) is 1. The minimum Gasteiger partial charge on any atom is -0.448 e. The second-order valence-electron chi connectivity index (χ2n) is 7.35. The Kier molecular flexibility index (Phi) is 4.62. The number of nitrogens with zero attached hydrogens (tertiary/aromatic N) is 1. The highest BCUT2D eigenvalue weighted by atomic mass is 16.5. The number of nitrogens with one attached hydrogen (secondary N) is 1. The summed E-state index contributed by atoms with van der Waals surface area (Å²) in [7, 11) is 0. The molecule has 1 amide bonds. The molecule has 0 radical (unpaired) electrons. The highest BCUT2D eigenvalue weighted by Gasteiger charge is 2.39. The molecule has 4 nitrogen and oxygen atoms in total. The Morgan fingerprint density at radius 2 is 2.08 bits per heavy atom. The second-order valence-corrected chi connectivity index (χ2v) is 7.35. The second kappa shape index (κ2) is 7.04. The largest absolute Gasteiger partial charge is 0.448 e. The Hall–Kier alpha value is -2.07. The number of fused-ring (bicyclic) bond motifs is 4.